The van der Waals surface area contributed by atoms with Gasteiger partial charge in [-0.05, 0) is 31.4 Å². The summed E-state index contributed by atoms with van der Waals surface area (Å²) in [7, 11) is 0. The number of nitrogens with one attached hydrogen (secondary N) is 1. The summed E-state index contributed by atoms with van der Waals surface area (Å²) in [5, 5.41) is 0. The third-order valence-corrected chi connectivity index (χ3v) is 4.57. The summed E-state index contributed by atoms with van der Waals surface area (Å²) in [4.78, 5) is 53.2. The zero-order chi connectivity index (χ0) is 19.0. The highest BCUT2D eigenvalue weighted by molar-refractivity contribution is 6.28. The van der Waals surface area contributed by atoms with Gasteiger partial charge in [-0.25, -0.2) is 0 Å². The van der Waals surface area contributed by atoms with E-state index in [-0.39, 0.29) is 40.4 Å². The van der Waals surface area contributed by atoms with Gasteiger partial charge in [0.25, 0.3) is 5.56 Å². The molecule has 0 aromatic carbocycles. The number of carbonyl (C=O) groups is 2. The van der Waals surface area contributed by atoms with Gasteiger partial charge in [-0.1, -0.05) is 25.5 Å². The first-order valence-corrected chi connectivity index (χ1v) is 8.61. The van der Waals surface area contributed by atoms with Crippen LogP contribution in [0.1, 0.15) is 63.5 Å². The van der Waals surface area contributed by atoms with Crippen LogP contribution in [0.15, 0.2) is 33.9 Å². The maximum atomic E-state index is 13.2. The van der Waals surface area contributed by atoms with Gasteiger partial charge in [-0.2, -0.15) is 0 Å². The Morgan fingerprint density at radius 2 is 1.81 bits per heavy atom. The number of H-pyrrole nitrogens is 1. The molecule has 26 heavy (non-hydrogen) atoms. The molecular weight excluding hydrogens is 332 g/mol. The molecule has 0 bridgehead atoms. The van der Waals surface area contributed by atoms with E-state index in [0.29, 0.717) is 17.5 Å². The van der Waals surface area contributed by atoms with Crippen LogP contribution >= 0.6 is 0 Å². The molecule has 0 saturated heterocycles. The molecule has 2 aromatic heterocycles. The van der Waals surface area contributed by atoms with Crippen LogP contribution in [0.4, 0.5) is 0 Å². The Morgan fingerprint density at radius 1 is 1.08 bits per heavy atom. The first-order chi connectivity index (χ1) is 12.4. The number of fused-ring (bicyclic) bond motifs is 2. The zero-order valence-corrected chi connectivity index (χ0v) is 15.0. The Balaban J connectivity index is 2.41. The van der Waals surface area contributed by atoms with Gasteiger partial charge in [0.1, 0.15) is 11.4 Å². The van der Waals surface area contributed by atoms with Crippen molar-refractivity contribution in [2.45, 2.75) is 40.2 Å². The maximum absolute atomic E-state index is 13.2. The van der Waals surface area contributed by atoms with Gasteiger partial charge >= 0.3 is 0 Å². The van der Waals surface area contributed by atoms with Gasteiger partial charge in [0.2, 0.25) is 11.3 Å². The van der Waals surface area contributed by atoms with Gasteiger partial charge < -0.3 is 9.55 Å². The number of ketones is 2. The summed E-state index contributed by atoms with van der Waals surface area (Å²) in [5.41, 5.74) is 0.801. The molecule has 134 valence electrons. The van der Waals surface area contributed by atoms with Crippen molar-refractivity contribution in [3.05, 3.63) is 78.6 Å². The van der Waals surface area contributed by atoms with E-state index in [9.17, 15) is 19.2 Å². The number of rotatable bonds is 4. The topological polar surface area (TPSA) is 89.0 Å². The lowest BCUT2D eigenvalue weighted by molar-refractivity contribution is 0.0965. The Morgan fingerprint density at radius 3 is 2.46 bits per heavy atom. The second-order valence-electron chi connectivity index (χ2n) is 6.39. The fourth-order valence-electron chi connectivity index (χ4n) is 3.44. The zero-order valence-electron chi connectivity index (χ0n) is 15.0. The van der Waals surface area contributed by atoms with Crippen molar-refractivity contribution in [3.8, 4) is 0 Å². The standard InChI is InChI=1S/C20H20N2O4/c1-4-6-8-22-14(24)10-12(7-5-2)16-18(22)20(26)17-15(19(16)25)11(3)9-13(23)21-17/h4,6,9-10H,5,7-8H2,1-3H3,(H,21,23). The number of nitrogens with zero attached hydrogens (tertiary/aromatic N) is 1. The summed E-state index contributed by atoms with van der Waals surface area (Å²) in [6.07, 6.45) is 4.78. The molecule has 0 spiro atoms. The number of aromatic nitrogens is 2. The second-order valence-corrected chi connectivity index (χ2v) is 6.39. The van der Waals surface area contributed by atoms with Crippen molar-refractivity contribution in [3.63, 3.8) is 0 Å². The number of pyridine rings is 2. The molecule has 3 rings (SSSR count). The van der Waals surface area contributed by atoms with E-state index in [4.69, 9.17) is 0 Å². The lowest BCUT2D eigenvalue weighted by Crippen LogP contribution is -2.36. The van der Waals surface area contributed by atoms with E-state index < -0.39 is 11.3 Å². The van der Waals surface area contributed by atoms with Crippen molar-refractivity contribution in [1.82, 2.24) is 9.55 Å². The molecule has 2 aromatic rings. The molecule has 0 atom stereocenters. The van der Waals surface area contributed by atoms with Crippen molar-refractivity contribution in [2.75, 3.05) is 0 Å². The average Bonchev–Trinajstić information content (AvgIpc) is 2.58. The van der Waals surface area contributed by atoms with Crippen LogP contribution in [0.3, 0.4) is 0 Å². The van der Waals surface area contributed by atoms with Crippen molar-refractivity contribution in [2.24, 2.45) is 0 Å². The molecular formula is C20H20N2O4. The van der Waals surface area contributed by atoms with E-state index >= 15 is 0 Å². The molecule has 1 N–H and O–H groups in total. The molecule has 1 aliphatic rings. The van der Waals surface area contributed by atoms with Crippen LogP contribution in [0.5, 0.6) is 0 Å². The minimum absolute atomic E-state index is 0.0326. The highest BCUT2D eigenvalue weighted by Crippen LogP contribution is 2.29. The first-order valence-electron chi connectivity index (χ1n) is 8.61. The normalized spacial score (nSPS) is 13.2. The average molecular weight is 352 g/mol. The van der Waals surface area contributed by atoms with E-state index in [1.54, 1.807) is 19.1 Å². The molecule has 2 heterocycles. The SMILES string of the molecule is CC=CCn1c2c(c(CCC)cc1=O)C(=O)c1c(C)cc(=O)[nH]c1C2=O. The molecule has 0 radical (unpaired) electrons. The van der Waals surface area contributed by atoms with E-state index in [1.165, 1.54) is 16.7 Å². The minimum atomic E-state index is -0.491. The quantitative estimate of drug-likeness (QED) is 0.729. The van der Waals surface area contributed by atoms with Crippen LogP contribution in [-0.4, -0.2) is 21.1 Å². The molecule has 0 unspecified atom stereocenters. The van der Waals surface area contributed by atoms with Crippen molar-refractivity contribution >= 4 is 11.6 Å². The molecule has 6 nitrogen and oxygen atoms in total. The smallest absolute Gasteiger partial charge is 0.251 e. The largest absolute Gasteiger partial charge is 0.318 e. The van der Waals surface area contributed by atoms with E-state index in [1.807, 2.05) is 13.8 Å². The van der Waals surface area contributed by atoms with Gasteiger partial charge in [-0.15, -0.1) is 0 Å². The number of hydrogen-bond acceptors (Lipinski definition) is 4. The van der Waals surface area contributed by atoms with Crippen LogP contribution in [-0.2, 0) is 13.0 Å². The van der Waals surface area contributed by atoms with E-state index in [0.717, 1.165) is 6.42 Å². The highest BCUT2D eigenvalue weighted by Gasteiger charge is 2.36. The highest BCUT2D eigenvalue weighted by atomic mass is 16.2. The summed E-state index contributed by atoms with van der Waals surface area (Å²) < 4.78 is 1.30. The Bertz CT molecular complexity index is 1070. The summed E-state index contributed by atoms with van der Waals surface area (Å²) in [6.45, 7) is 5.59. The molecule has 0 amide bonds. The molecule has 6 heteroatoms. The molecule has 0 fully saturated rings. The third kappa shape index (κ3) is 2.67. The van der Waals surface area contributed by atoms with Gasteiger partial charge in [-0.3, -0.25) is 19.2 Å². The van der Waals surface area contributed by atoms with E-state index in [2.05, 4.69) is 4.98 Å². The fraction of sp³-hybridized carbons (Fsp3) is 0.300. The Kier molecular flexibility index (Phi) is 4.59. The lowest BCUT2D eigenvalue weighted by atomic mass is 9.84. The van der Waals surface area contributed by atoms with Crippen molar-refractivity contribution < 1.29 is 9.59 Å². The van der Waals surface area contributed by atoms with Crippen LogP contribution in [0, 0.1) is 6.92 Å². The monoisotopic (exact) mass is 352 g/mol. The second kappa shape index (κ2) is 6.71. The van der Waals surface area contributed by atoms with Gasteiger partial charge in [0.15, 0.2) is 5.78 Å². The van der Waals surface area contributed by atoms with Crippen LogP contribution < -0.4 is 11.1 Å². The third-order valence-electron chi connectivity index (χ3n) is 4.57. The number of aryl methyl sites for hydroxylation is 2. The molecule has 0 aliphatic heterocycles. The predicted molar refractivity (Wildman–Crippen MR) is 98.2 cm³/mol. The van der Waals surface area contributed by atoms with Gasteiger partial charge in [0.05, 0.1) is 11.1 Å². The number of carbonyl (C=O) groups excluding carboxylic acids is 2. The number of hydrogen-bond donors (Lipinski definition) is 1. The first kappa shape index (κ1) is 17.8. The Hall–Kier alpha value is -3.02. The molecule has 0 saturated carbocycles. The maximum Gasteiger partial charge on any atom is 0.251 e. The van der Waals surface area contributed by atoms with Crippen LogP contribution in [0.25, 0.3) is 0 Å². The number of allylic oxidation sites excluding steroid dienone is 2. The Labute approximate surface area is 150 Å². The summed E-state index contributed by atoms with van der Waals surface area (Å²) >= 11 is 0. The lowest BCUT2D eigenvalue weighted by Gasteiger charge is -2.24. The summed E-state index contributed by atoms with van der Waals surface area (Å²) in [5.74, 6) is -0.809. The molecule has 1 aliphatic carbocycles. The van der Waals surface area contributed by atoms with Crippen LogP contribution in [0.2, 0.25) is 0 Å². The summed E-state index contributed by atoms with van der Waals surface area (Å²) in [6, 6.07) is 2.76. The minimum Gasteiger partial charge on any atom is -0.318 e. The predicted octanol–water partition coefficient (Wildman–Crippen LogP) is 2.15. The number of aromatic amines is 1. The van der Waals surface area contributed by atoms with Gasteiger partial charge in [0, 0.05) is 18.7 Å². The fourth-order valence-corrected chi connectivity index (χ4v) is 3.44. The van der Waals surface area contributed by atoms with Crippen molar-refractivity contribution in [1.29, 1.82) is 0 Å².